The lowest BCUT2D eigenvalue weighted by atomic mass is 9.95. The number of ketones is 1. The SMILES string of the molecule is C=C(CCC(=C)c1ccccc1C(C)=O)NC(=C)Nc1ccc(CCCCCC)c(C)c1C. The monoisotopic (exact) mass is 444 g/mol. The summed E-state index contributed by atoms with van der Waals surface area (Å²) < 4.78 is 0. The number of aryl methyl sites for hydroxylation is 1. The topological polar surface area (TPSA) is 41.1 Å². The largest absolute Gasteiger partial charge is 0.346 e. The summed E-state index contributed by atoms with van der Waals surface area (Å²) >= 11 is 0. The van der Waals surface area contributed by atoms with E-state index in [0.29, 0.717) is 24.2 Å². The molecule has 3 nitrogen and oxygen atoms in total. The molecule has 176 valence electrons. The van der Waals surface area contributed by atoms with E-state index in [2.05, 4.69) is 63.3 Å². The van der Waals surface area contributed by atoms with Crippen molar-refractivity contribution in [1.29, 1.82) is 0 Å². The second-order valence-corrected chi connectivity index (χ2v) is 8.87. The fourth-order valence-electron chi connectivity index (χ4n) is 4.03. The molecule has 0 aliphatic carbocycles. The Morgan fingerprint density at radius 3 is 2.24 bits per heavy atom. The summed E-state index contributed by atoms with van der Waals surface area (Å²) in [5.41, 5.74) is 8.52. The molecule has 2 rings (SSSR count). The Balaban J connectivity index is 1.89. The van der Waals surface area contributed by atoms with Crippen LogP contribution < -0.4 is 10.6 Å². The Labute approximate surface area is 200 Å². The van der Waals surface area contributed by atoms with Crippen molar-refractivity contribution in [2.75, 3.05) is 5.32 Å². The lowest BCUT2D eigenvalue weighted by molar-refractivity contribution is 0.101. The molecule has 3 heteroatoms. The zero-order valence-corrected chi connectivity index (χ0v) is 20.9. The number of rotatable bonds is 14. The Kier molecular flexibility index (Phi) is 10.2. The minimum atomic E-state index is 0.0546. The van der Waals surface area contributed by atoms with Gasteiger partial charge in [0.05, 0.1) is 5.82 Å². The molecule has 0 aliphatic rings. The number of nitrogens with one attached hydrogen (secondary N) is 2. The van der Waals surface area contributed by atoms with Gasteiger partial charge in [0.2, 0.25) is 0 Å². The molecular formula is C30H40N2O. The van der Waals surface area contributed by atoms with E-state index in [1.807, 2.05) is 24.3 Å². The van der Waals surface area contributed by atoms with Crippen LogP contribution in [0, 0.1) is 13.8 Å². The summed E-state index contributed by atoms with van der Waals surface area (Å²) in [4.78, 5) is 11.9. The van der Waals surface area contributed by atoms with Crippen molar-refractivity contribution >= 4 is 17.0 Å². The summed E-state index contributed by atoms with van der Waals surface area (Å²) in [6.07, 6.45) is 7.68. The van der Waals surface area contributed by atoms with Gasteiger partial charge in [0, 0.05) is 16.9 Å². The summed E-state index contributed by atoms with van der Waals surface area (Å²) in [7, 11) is 0. The van der Waals surface area contributed by atoms with Crippen molar-refractivity contribution in [1.82, 2.24) is 5.32 Å². The fraction of sp³-hybridized carbons (Fsp3) is 0.367. The molecule has 0 atom stereocenters. The van der Waals surface area contributed by atoms with Gasteiger partial charge in [0.15, 0.2) is 5.78 Å². The second kappa shape index (κ2) is 12.8. The average molecular weight is 445 g/mol. The van der Waals surface area contributed by atoms with E-state index in [1.165, 1.54) is 42.4 Å². The van der Waals surface area contributed by atoms with Crippen LogP contribution in [0.3, 0.4) is 0 Å². The van der Waals surface area contributed by atoms with Crippen LogP contribution in [0.1, 0.15) is 85.0 Å². The van der Waals surface area contributed by atoms with Crippen molar-refractivity contribution < 1.29 is 4.79 Å². The van der Waals surface area contributed by atoms with Crippen molar-refractivity contribution in [3.8, 4) is 0 Å². The fourth-order valence-corrected chi connectivity index (χ4v) is 4.03. The summed E-state index contributed by atoms with van der Waals surface area (Å²) in [6.45, 7) is 20.7. The average Bonchev–Trinajstić information content (AvgIpc) is 2.79. The highest BCUT2D eigenvalue weighted by Crippen LogP contribution is 2.26. The molecule has 0 unspecified atom stereocenters. The van der Waals surface area contributed by atoms with Crippen molar-refractivity contribution in [3.63, 3.8) is 0 Å². The third kappa shape index (κ3) is 7.78. The maximum atomic E-state index is 11.9. The number of carbonyl (C=O) groups is 1. The number of anilines is 1. The molecule has 2 aromatic carbocycles. The minimum absolute atomic E-state index is 0.0546. The van der Waals surface area contributed by atoms with E-state index in [0.717, 1.165) is 28.9 Å². The molecule has 0 saturated carbocycles. The van der Waals surface area contributed by atoms with Gasteiger partial charge in [-0.3, -0.25) is 4.79 Å². The number of allylic oxidation sites excluding steroid dienone is 2. The molecule has 0 fully saturated rings. The molecule has 0 saturated heterocycles. The number of hydrogen-bond acceptors (Lipinski definition) is 3. The first-order chi connectivity index (χ1) is 15.7. The number of unbranched alkanes of at least 4 members (excludes halogenated alkanes) is 3. The molecule has 0 bridgehead atoms. The Bertz CT molecular complexity index is 1020. The van der Waals surface area contributed by atoms with E-state index in [1.54, 1.807) is 6.92 Å². The Hall–Kier alpha value is -3.07. The molecule has 0 aliphatic heterocycles. The van der Waals surface area contributed by atoms with Gasteiger partial charge in [-0.1, -0.05) is 76.3 Å². The maximum absolute atomic E-state index is 11.9. The molecule has 0 heterocycles. The van der Waals surface area contributed by atoms with Crippen LogP contribution in [0.15, 0.2) is 67.7 Å². The molecule has 2 aromatic rings. The Morgan fingerprint density at radius 2 is 1.58 bits per heavy atom. The number of hydrogen-bond donors (Lipinski definition) is 2. The van der Waals surface area contributed by atoms with Crippen molar-refractivity contribution in [2.45, 2.75) is 72.6 Å². The van der Waals surface area contributed by atoms with E-state index in [-0.39, 0.29) is 5.78 Å². The van der Waals surface area contributed by atoms with Crippen molar-refractivity contribution in [2.24, 2.45) is 0 Å². The normalized spacial score (nSPS) is 10.5. The van der Waals surface area contributed by atoms with E-state index in [4.69, 9.17) is 0 Å². The van der Waals surface area contributed by atoms with Gasteiger partial charge in [0.25, 0.3) is 0 Å². The van der Waals surface area contributed by atoms with Crippen LogP contribution in [0.4, 0.5) is 5.69 Å². The van der Waals surface area contributed by atoms with Crippen LogP contribution in [-0.4, -0.2) is 5.78 Å². The van der Waals surface area contributed by atoms with E-state index >= 15 is 0 Å². The zero-order valence-electron chi connectivity index (χ0n) is 20.9. The van der Waals surface area contributed by atoms with Crippen LogP contribution in [-0.2, 0) is 6.42 Å². The first-order valence-corrected chi connectivity index (χ1v) is 12.0. The minimum Gasteiger partial charge on any atom is -0.346 e. The number of Topliss-reactive ketones (excluding diaryl/α,β-unsaturated/α-hetero) is 1. The van der Waals surface area contributed by atoms with E-state index in [9.17, 15) is 4.79 Å². The first kappa shape index (κ1) is 26.2. The van der Waals surface area contributed by atoms with Gasteiger partial charge in [-0.25, -0.2) is 0 Å². The van der Waals surface area contributed by atoms with Crippen LogP contribution in [0.25, 0.3) is 5.57 Å². The standard InChI is InChI=1S/C30H40N2O/c1-8-9-10-11-14-27-19-20-30(24(5)23(27)4)32-26(7)31-22(3)18-17-21(2)28-15-12-13-16-29(28)25(6)33/h12-13,15-16,19-20,31-32H,2-3,7-11,14,17-18H2,1,4-6H3. The second-order valence-electron chi connectivity index (χ2n) is 8.87. The Morgan fingerprint density at radius 1 is 0.879 bits per heavy atom. The number of benzene rings is 2. The van der Waals surface area contributed by atoms with Gasteiger partial charge in [0.1, 0.15) is 0 Å². The quantitative estimate of drug-likeness (QED) is 0.228. The molecule has 33 heavy (non-hydrogen) atoms. The molecule has 0 aromatic heterocycles. The maximum Gasteiger partial charge on any atom is 0.160 e. The van der Waals surface area contributed by atoms with Crippen LogP contribution >= 0.6 is 0 Å². The van der Waals surface area contributed by atoms with Gasteiger partial charge < -0.3 is 10.6 Å². The smallest absolute Gasteiger partial charge is 0.160 e. The third-order valence-corrected chi connectivity index (χ3v) is 6.23. The van der Waals surface area contributed by atoms with Gasteiger partial charge >= 0.3 is 0 Å². The van der Waals surface area contributed by atoms with Crippen molar-refractivity contribution in [3.05, 3.63) is 95.5 Å². The molecule has 0 spiro atoms. The predicted molar refractivity (Wildman–Crippen MR) is 144 cm³/mol. The molecule has 2 N–H and O–H groups in total. The highest BCUT2D eigenvalue weighted by atomic mass is 16.1. The molecular weight excluding hydrogens is 404 g/mol. The van der Waals surface area contributed by atoms with Gasteiger partial charge in [-0.2, -0.15) is 0 Å². The van der Waals surface area contributed by atoms with Gasteiger partial charge in [-0.15, -0.1) is 0 Å². The van der Waals surface area contributed by atoms with Gasteiger partial charge in [-0.05, 0) is 80.3 Å². The summed E-state index contributed by atoms with van der Waals surface area (Å²) in [5, 5.41) is 6.67. The van der Waals surface area contributed by atoms with E-state index < -0.39 is 0 Å². The lowest BCUT2D eigenvalue weighted by Crippen LogP contribution is -2.18. The summed E-state index contributed by atoms with van der Waals surface area (Å²) in [5.74, 6) is 0.756. The zero-order chi connectivity index (χ0) is 24.4. The lowest BCUT2D eigenvalue weighted by Gasteiger charge is -2.19. The van der Waals surface area contributed by atoms with Crippen LogP contribution in [0.5, 0.6) is 0 Å². The highest BCUT2D eigenvalue weighted by molar-refractivity contribution is 5.98. The van der Waals surface area contributed by atoms with Crippen LogP contribution in [0.2, 0.25) is 0 Å². The first-order valence-electron chi connectivity index (χ1n) is 12.0. The predicted octanol–water partition coefficient (Wildman–Crippen LogP) is 8.11. The molecule has 0 radical (unpaired) electrons. The molecule has 0 amide bonds. The summed E-state index contributed by atoms with van der Waals surface area (Å²) in [6, 6.07) is 12.0. The number of carbonyl (C=O) groups excluding carboxylic acids is 1. The highest BCUT2D eigenvalue weighted by Gasteiger charge is 2.11. The third-order valence-electron chi connectivity index (χ3n) is 6.23.